The van der Waals surface area contributed by atoms with Crippen molar-refractivity contribution in [3.8, 4) is 0 Å². The Morgan fingerprint density at radius 2 is 1.83 bits per heavy atom. The number of carbonyl (C=O) groups excluding carboxylic acids is 2. The number of allylic oxidation sites excluding steroid dienone is 2. The van der Waals surface area contributed by atoms with Gasteiger partial charge in [-0.2, -0.15) is 0 Å². The monoisotopic (exact) mass is 584 g/mol. The summed E-state index contributed by atoms with van der Waals surface area (Å²) in [6.07, 6.45) is 16.4. The van der Waals surface area contributed by atoms with E-state index in [1.165, 1.54) is 44.1 Å². The molecule has 5 heteroatoms. The average molecular weight is 585 g/mol. The fraction of sp³-hybridized carbons (Fsp3) is 0.833. The normalized spacial score (nSPS) is 37.2. The van der Waals surface area contributed by atoms with Crippen LogP contribution in [0.1, 0.15) is 113 Å². The topological polar surface area (TPSA) is 52.6 Å². The molecule has 9 atom stereocenters. The molecule has 0 amide bonds. The summed E-state index contributed by atoms with van der Waals surface area (Å²) in [5.41, 5.74) is 1.56. The number of fused-ring (bicyclic) bond motifs is 5. The molecule has 4 aliphatic carbocycles. The van der Waals surface area contributed by atoms with Gasteiger partial charge in [-0.3, -0.25) is 9.59 Å². The molecular formula is C36H60O4Si. The highest BCUT2D eigenvalue weighted by Crippen LogP contribution is 2.67. The highest BCUT2D eigenvalue weighted by atomic mass is 28.4. The molecule has 0 aromatic rings. The van der Waals surface area contributed by atoms with Crippen LogP contribution in [0.5, 0.6) is 0 Å². The molecule has 4 aliphatic rings. The van der Waals surface area contributed by atoms with Crippen LogP contribution in [-0.2, 0) is 18.8 Å². The Labute approximate surface area is 252 Å². The van der Waals surface area contributed by atoms with Crippen molar-refractivity contribution in [2.45, 2.75) is 137 Å². The fourth-order valence-corrected chi connectivity index (χ4v) is 10.3. The van der Waals surface area contributed by atoms with Gasteiger partial charge in [0.15, 0.2) is 8.32 Å². The van der Waals surface area contributed by atoms with E-state index in [-0.39, 0.29) is 27.9 Å². The molecule has 0 bridgehead atoms. The van der Waals surface area contributed by atoms with Crippen molar-refractivity contribution < 1.29 is 18.8 Å². The first-order chi connectivity index (χ1) is 19.0. The van der Waals surface area contributed by atoms with Gasteiger partial charge in [0.2, 0.25) is 0 Å². The summed E-state index contributed by atoms with van der Waals surface area (Å²) in [7, 11) is -1.76. The van der Waals surface area contributed by atoms with Crippen LogP contribution in [0.15, 0.2) is 23.8 Å². The van der Waals surface area contributed by atoms with Gasteiger partial charge < -0.3 is 9.16 Å². The van der Waals surface area contributed by atoms with Gasteiger partial charge in [0.05, 0.1) is 0 Å². The minimum atomic E-state index is -1.76. The van der Waals surface area contributed by atoms with E-state index in [4.69, 9.17) is 9.16 Å². The summed E-state index contributed by atoms with van der Waals surface area (Å²) in [4.78, 5) is 24.7. The van der Waals surface area contributed by atoms with Gasteiger partial charge >= 0.3 is 5.97 Å². The standard InChI is InChI=1S/C36H60O4Si/c1-11-12-26(23-39-41(9,10)34(4,5)6)14-13-24(2)29-15-16-30-33-31(18-20-36(29,30)8)35(7)19-17-28(38)21-27(35)22-32(33)40-25(3)37/h13-14,22,24,26,29-33H,11-12,15-21,23H2,1-10H3/t24-,26-,29-,30?,31?,32-,33?,35+,36-/m1/s1. The Kier molecular flexibility index (Phi) is 9.62. The van der Waals surface area contributed by atoms with E-state index in [9.17, 15) is 9.59 Å². The van der Waals surface area contributed by atoms with E-state index in [1.54, 1.807) is 6.92 Å². The minimum absolute atomic E-state index is 0.0671. The Hall–Kier alpha value is -1.20. The van der Waals surface area contributed by atoms with Gasteiger partial charge in [-0.1, -0.05) is 72.6 Å². The number of hydrogen-bond donors (Lipinski definition) is 0. The molecule has 4 rings (SSSR count). The highest BCUT2D eigenvalue weighted by Gasteiger charge is 2.61. The molecule has 0 aromatic carbocycles. The largest absolute Gasteiger partial charge is 0.458 e. The van der Waals surface area contributed by atoms with E-state index in [2.05, 4.69) is 79.8 Å². The summed E-state index contributed by atoms with van der Waals surface area (Å²) in [6, 6.07) is 0. The summed E-state index contributed by atoms with van der Waals surface area (Å²) >= 11 is 0. The Bertz CT molecular complexity index is 1040. The van der Waals surface area contributed by atoms with Crippen LogP contribution in [0, 0.1) is 46.3 Å². The number of ether oxygens (including phenoxy) is 1. The zero-order valence-corrected chi connectivity index (χ0v) is 29.0. The number of Topliss-reactive ketones (excluding diaryl/α,β-unsaturated/α-hetero) is 1. The van der Waals surface area contributed by atoms with Gasteiger partial charge in [0.25, 0.3) is 0 Å². The van der Waals surface area contributed by atoms with Crippen molar-refractivity contribution in [3.63, 3.8) is 0 Å². The van der Waals surface area contributed by atoms with Crippen molar-refractivity contribution in [1.82, 2.24) is 0 Å². The molecule has 4 nitrogen and oxygen atoms in total. The first kappa shape index (κ1) is 32.7. The molecule has 3 saturated carbocycles. The summed E-state index contributed by atoms with van der Waals surface area (Å²) < 4.78 is 12.7. The molecule has 41 heavy (non-hydrogen) atoms. The molecule has 0 aliphatic heterocycles. The van der Waals surface area contributed by atoms with Crippen molar-refractivity contribution in [3.05, 3.63) is 23.8 Å². The molecule has 0 saturated heterocycles. The average Bonchev–Trinajstić information content (AvgIpc) is 3.22. The maximum absolute atomic E-state index is 12.4. The van der Waals surface area contributed by atoms with Gasteiger partial charge in [0.1, 0.15) is 11.9 Å². The lowest BCUT2D eigenvalue weighted by Gasteiger charge is -2.59. The molecule has 0 aromatic heterocycles. The molecule has 3 unspecified atom stereocenters. The van der Waals surface area contributed by atoms with Crippen LogP contribution in [0.25, 0.3) is 0 Å². The molecular weight excluding hydrogens is 524 g/mol. The number of rotatable bonds is 9. The van der Waals surface area contributed by atoms with Gasteiger partial charge in [-0.05, 0) is 103 Å². The molecule has 0 spiro atoms. The second kappa shape index (κ2) is 12.1. The number of ketones is 1. The maximum Gasteiger partial charge on any atom is 0.303 e. The molecule has 3 fully saturated rings. The first-order valence-electron chi connectivity index (χ1n) is 16.8. The van der Waals surface area contributed by atoms with E-state index in [0.717, 1.165) is 13.0 Å². The van der Waals surface area contributed by atoms with Crippen LogP contribution < -0.4 is 0 Å². The Morgan fingerprint density at radius 3 is 2.46 bits per heavy atom. The lowest BCUT2D eigenvalue weighted by atomic mass is 9.46. The lowest BCUT2D eigenvalue weighted by molar-refractivity contribution is -0.158. The number of carbonyl (C=O) groups is 2. The van der Waals surface area contributed by atoms with E-state index in [0.29, 0.717) is 54.1 Å². The van der Waals surface area contributed by atoms with Crippen LogP contribution >= 0.6 is 0 Å². The second-order valence-electron chi connectivity index (χ2n) is 16.3. The summed E-state index contributed by atoms with van der Waals surface area (Å²) in [5.74, 6) is 3.16. The molecule has 0 radical (unpaired) electrons. The first-order valence-corrected chi connectivity index (χ1v) is 19.7. The predicted molar refractivity (Wildman–Crippen MR) is 171 cm³/mol. The smallest absolute Gasteiger partial charge is 0.303 e. The SMILES string of the molecule is CCC[C@H](C=C[C@@H](C)[C@H]1CCC2C3C(CC[C@@]21C)[C@@]1(C)CCC(=O)CC1=C[C@H]3OC(C)=O)CO[Si](C)(C)C(C)(C)C. The van der Waals surface area contributed by atoms with Crippen molar-refractivity contribution in [1.29, 1.82) is 0 Å². The highest BCUT2D eigenvalue weighted by molar-refractivity contribution is 6.74. The van der Waals surface area contributed by atoms with Crippen molar-refractivity contribution >= 4 is 20.1 Å². The third-order valence-corrected chi connectivity index (χ3v) is 17.3. The van der Waals surface area contributed by atoms with Gasteiger partial charge in [-0.25, -0.2) is 0 Å². The third kappa shape index (κ3) is 6.37. The van der Waals surface area contributed by atoms with Crippen molar-refractivity contribution in [2.24, 2.45) is 46.3 Å². The molecule has 0 N–H and O–H groups in total. The fourth-order valence-electron chi connectivity index (χ4n) is 9.25. The maximum atomic E-state index is 12.4. The summed E-state index contributed by atoms with van der Waals surface area (Å²) in [5, 5.41) is 0.232. The van der Waals surface area contributed by atoms with Crippen LogP contribution in [0.4, 0.5) is 0 Å². The van der Waals surface area contributed by atoms with Crippen molar-refractivity contribution in [2.75, 3.05) is 6.61 Å². The van der Waals surface area contributed by atoms with E-state index < -0.39 is 8.32 Å². The Morgan fingerprint density at radius 1 is 1.12 bits per heavy atom. The molecule has 232 valence electrons. The number of esters is 1. The van der Waals surface area contributed by atoms with Gasteiger partial charge in [0, 0.05) is 32.3 Å². The zero-order valence-electron chi connectivity index (χ0n) is 28.0. The third-order valence-electron chi connectivity index (χ3n) is 12.8. The van der Waals surface area contributed by atoms with Gasteiger partial charge in [-0.15, -0.1) is 0 Å². The zero-order chi connectivity index (χ0) is 30.4. The second-order valence-corrected chi connectivity index (χ2v) is 21.1. The van der Waals surface area contributed by atoms with Crippen LogP contribution in [-0.4, -0.2) is 32.8 Å². The summed E-state index contributed by atoms with van der Waals surface area (Å²) in [6.45, 7) is 23.7. The molecule has 0 heterocycles. The van der Waals surface area contributed by atoms with E-state index >= 15 is 0 Å². The van der Waals surface area contributed by atoms with E-state index in [1.807, 2.05) is 0 Å². The number of hydrogen-bond acceptors (Lipinski definition) is 4. The predicted octanol–water partition coefficient (Wildman–Crippen LogP) is 9.31. The Balaban J connectivity index is 1.53. The van der Waals surface area contributed by atoms with Crippen LogP contribution in [0.2, 0.25) is 18.1 Å². The minimum Gasteiger partial charge on any atom is -0.458 e. The van der Waals surface area contributed by atoms with Crippen LogP contribution in [0.3, 0.4) is 0 Å². The lowest BCUT2D eigenvalue weighted by Crippen LogP contribution is -2.55. The quantitative estimate of drug-likeness (QED) is 0.154.